The number of para-hydroxylation sites is 2. The Morgan fingerprint density at radius 2 is 1.85 bits per heavy atom. The van der Waals surface area contributed by atoms with Crippen molar-refractivity contribution >= 4 is 11.4 Å². The molecule has 0 fully saturated rings. The van der Waals surface area contributed by atoms with E-state index in [1.54, 1.807) is 30.3 Å². The Kier molecular flexibility index (Phi) is 4.30. The molecule has 0 saturated carbocycles. The van der Waals surface area contributed by atoms with Gasteiger partial charge in [0.2, 0.25) is 0 Å². The maximum atomic E-state index is 10.9. The molecule has 0 aliphatic carbocycles. The molecule has 1 N–H and O–H groups in total. The summed E-state index contributed by atoms with van der Waals surface area (Å²) < 4.78 is 0. The van der Waals surface area contributed by atoms with E-state index in [9.17, 15) is 10.1 Å². The number of nitrogens with zero attached hydrogens (tertiary/aromatic N) is 2. The minimum Gasteiger partial charge on any atom is -0.384 e. The molecule has 5 nitrogen and oxygen atoms in total. The maximum Gasteiger partial charge on any atom is 0.272 e. The number of benzene rings is 2. The molecule has 0 unspecified atom stereocenters. The van der Waals surface area contributed by atoms with Gasteiger partial charge in [-0.3, -0.25) is 10.1 Å². The molecule has 0 atom stereocenters. The molecule has 0 aliphatic rings. The van der Waals surface area contributed by atoms with Gasteiger partial charge in [0, 0.05) is 18.2 Å². The maximum absolute atomic E-state index is 10.9. The molecule has 100 valence electrons. The number of nitro groups is 1. The third-order valence-electron chi connectivity index (χ3n) is 2.95. The molecule has 0 amide bonds. The molecule has 0 radical (unpaired) electrons. The van der Waals surface area contributed by atoms with Crippen LogP contribution in [-0.4, -0.2) is 11.5 Å². The minimum absolute atomic E-state index is 0.128. The summed E-state index contributed by atoms with van der Waals surface area (Å²) in [7, 11) is 0. The third-order valence-corrected chi connectivity index (χ3v) is 2.95. The second-order valence-electron chi connectivity index (χ2n) is 4.22. The number of hydrogen-bond donors (Lipinski definition) is 1. The van der Waals surface area contributed by atoms with E-state index in [1.165, 1.54) is 6.07 Å². The first kappa shape index (κ1) is 13.6. The number of anilines is 1. The van der Waals surface area contributed by atoms with Crippen molar-refractivity contribution in [2.45, 2.75) is 6.42 Å². The van der Waals surface area contributed by atoms with Crippen LogP contribution in [0, 0.1) is 21.4 Å². The number of nitriles is 1. The van der Waals surface area contributed by atoms with E-state index < -0.39 is 0 Å². The molecule has 20 heavy (non-hydrogen) atoms. The van der Waals surface area contributed by atoms with Gasteiger partial charge in [-0.25, -0.2) is 0 Å². The third kappa shape index (κ3) is 3.12. The van der Waals surface area contributed by atoms with Crippen LogP contribution in [0.2, 0.25) is 0 Å². The molecule has 0 heterocycles. The SMILES string of the molecule is N#Cc1ccccc1NCCc1ccccc1[N+](=O)[O-]. The molecular formula is C15H13N3O2. The summed E-state index contributed by atoms with van der Waals surface area (Å²) in [6, 6.07) is 16.0. The van der Waals surface area contributed by atoms with Gasteiger partial charge in [0.05, 0.1) is 16.2 Å². The average molecular weight is 267 g/mol. The standard InChI is InChI=1S/C15H13N3O2/c16-11-13-6-1-3-7-14(13)17-10-9-12-5-2-4-8-15(12)18(19)20/h1-8,17H,9-10H2. The lowest BCUT2D eigenvalue weighted by molar-refractivity contribution is -0.385. The first-order valence-corrected chi connectivity index (χ1v) is 6.17. The van der Waals surface area contributed by atoms with Crippen LogP contribution in [-0.2, 0) is 6.42 Å². The first-order chi connectivity index (χ1) is 9.72. The van der Waals surface area contributed by atoms with Crippen molar-refractivity contribution in [3.8, 4) is 6.07 Å². The zero-order valence-electron chi connectivity index (χ0n) is 10.7. The van der Waals surface area contributed by atoms with Crippen LogP contribution in [0.15, 0.2) is 48.5 Å². The van der Waals surface area contributed by atoms with Gasteiger partial charge in [-0.15, -0.1) is 0 Å². The lowest BCUT2D eigenvalue weighted by Crippen LogP contribution is -2.07. The second-order valence-corrected chi connectivity index (χ2v) is 4.22. The van der Waals surface area contributed by atoms with Crippen molar-refractivity contribution < 1.29 is 4.92 Å². The number of nitro benzene ring substituents is 1. The quantitative estimate of drug-likeness (QED) is 0.666. The van der Waals surface area contributed by atoms with E-state index in [-0.39, 0.29) is 10.6 Å². The van der Waals surface area contributed by atoms with Crippen LogP contribution in [0.3, 0.4) is 0 Å². The first-order valence-electron chi connectivity index (χ1n) is 6.17. The molecule has 0 saturated heterocycles. The van der Waals surface area contributed by atoms with Gasteiger partial charge < -0.3 is 5.32 Å². The summed E-state index contributed by atoms with van der Waals surface area (Å²) in [4.78, 5) is 10.5. The molecule has 0 bridgehead atoms. The van der Waals surface area contributed by atoms with Crippen molar-refractivity contribution in [1.82, 2.24) is 0 Å². The van der Waals surface area contributed by atoms with E-state index >= 15 is 0 Å². The summed E-state index contributed by atoms with van der Waals surface area (Å²) in [5, 5.41) is 23.0. The van der Waals surface area contributed by atoms with Crippen LogP contribution in [0.25, 0.3) is 0 Å². The Morgan fingerprint density at radius 3 is 2.60 bits per heavy atom. The zero-order valence-corrected chi connectivity index (χ0v) is 10.7. The highest BCUT2D eigenvalue weighted by Crippen LogP contribution is 2.19. The van der Waals surface area contributed by atoms with Crippen LogP contribution < -0.4 is 5.32 Å². The smallest absolute Gasteiger partial charge is 0.272 e. The Labute approximate surface area is 116 Å². The molecule has 0 aliphatic heterocycles. The normalized spacial score (nSPS) is 9.75. The molecule has 2 aromatic rings. The van der Waals surface area contributed by atoms with Crippen LogP contribution in [0.5, 0.6) is 0 Å². The Bertz CT molecular complexity index is 662. The van der Waals surface area contributed by atoms with Crippen LogP contribution in [0.1, 0.15) is 11.1 Å². The number of nitrogens with one attached hydrogen (secondary N) is 1. The van der Waals surface area contributed by atoms with E-state index in [0.29, 0.717) is 24.1 Å². The number of rotatable bonds is 5. The van der Waals surface area contributed by atoms with Gasteiger partial charge in [-0.05, 0) is 18.6 Å². The van der Waals surface area contributed by atoms with E-state index in [1.807, 2.05) is 12.1 Å². The van der Waals surface area contributed by atoms with Crippen molar-refractivity contribution in [3.05, 3.63) is 69.8 Å². The zero-order chi connectivity index (χ0) is 14.4. The van der Waals surface area contributed by atoms with E-state index in [4.69, 9.17) is 5.26 Å². The van der Waals surface area contributed by atoms with Crippen molar-refractivity contribution in [1.29, 1.82) is 5.26 Å². The Balaban J connectivity index is 2.04. The van der Waals surface area contributed by atoms with Crippen molar-refractivity contribution in [2.75, 3.05) is 11.9 Å². The fourth-order valence-corrected chi connectivity index (χ4v) is 1.97. The van der Waals surface area contributed by atoms with Crippen LogP contribution in [0.4, 0.5) is 11.4 Å². The highest BCUT2D eigenvalue weighted by Gasteiger charge is 2.11. The molecule has 2 rings (SSSR count). The fourth-order valence-electron chi connectivity index (χ4n) is 1.97. The van der Waals surface area contributed by atoms with Gasteiger partial charge in [0.15, 0.2) is 0 Å². The Morgan fingerprint density at radius 1 is 1.15 bits per heavy atom. The Hall–Kier alpha value is -2.87. The van der Waals surface area contributed by atoms with Gasteiger partial charge in [0.25, 0.3) is 5.69 Å². The summed E-state index contributed by atoms with van der Waals surface area (Å²) in [6.45, 7) is 0.531. The monoisotopic (exact) mass is 267 g/mol. The van der Waals surface area contributed by atoms with Crippen molar-refractivity contribution in [2.24, 2.45) is 0 Å². The predicted octanol–water partition coefficient (Wildman–Crippen LogP) is 3.12. The van der Waals surface area contributed by atoms with Crippen LogP contribution >= 0.6 is 0 Å². The van der Waals surface area contributed by atoms with Gasteiger partial charge in [-0.1, -0.05) is 30.3 Å². The second kappa shape index (κ2) is 6.34. The predicted molar refractivity (Wildman–Crippen MR) is 76.4 cm³/mol. The lowest BCUT2D eigenvalue weighted by atomic mass is 10.1. The van der Waals surface area contributed by atoms with Gasteiger partial charge >= 0.3 is 0 Å². The highest BCUT2D eigenvalue weighted by atomic mass is 16.6. The van der Waals surface area contributed by atoms with Gasteiger partial charge in [0.1, 0.15) is 6.07 Å². The van der Waals surface area contributed by atoms with E-state index in [0.717, 1.165) is 5.69 Å². The molecular weight excluding hydrogens is 254 g/mol. The topological polar surface area (TPSA) is 79.0 Å². The minimum atomic E-state index is -0.376. The molecule has 0 aromatic heterocycles. The molecule has 2 aromatic carbocycles. The summed E-state index contributed by atoms with van der Waals surface area (Å²) in [5.74, 6) is 0. The lowest BCUT2D eigenvalue weighted by Gasteiger charge is -2.08. The highest BCUT2D eigenvalue weighted by molar-refractivity contribution is 5.57. The summed E-state index contributed by atoms with van der Waals surface area (Å²) in [6.07, 6.45) is 0.525. The summed E-state index contributed by atoms with van der Waals surface area (Å²) >= 11 is 0. The fraction of sp³-hybridized carbons (Fsp3) is 0.133. The molecule has 5 heteroatoms. The largest absolute Gasteiger partial charge is 0.384 e. The molecule has 0 spiro atoms. The van der Waals surface area contributed by atoms with Crippen molar-refractivity contribution in [3.63, 3.8) is 0 Å². The average Bonchev–Trinajstić information content (AvgIpc) is 2.48. The van der Waals surface area contributed by atoms with E-state index in [2.05, 4.69) is 11.4 Å². The van der Waals surface area contributed by atoms with Gasteiger partial charge in [-0.2, -0.15) is 5.26 Å². The number of hydrogen-bond acceptors (Lipinski definition) is 4. The summed E-state index contributed by atoms with van der Waals surface area (Å²) in [5.41, 5.74) is 2.12.